The zero-order valence-electron chi connectivity index (χ0n) is 17.0. The van der Waals surface area contributed by atoms with Gasteiger partial charge in [0.25, 0.3) is 0 Å². The quantitative estimate of drug-likeness (QED) is 0.663. The van der Waals surface area contributed by atoms with E-state index in [4.69, 9.17) is 9.47 Å². The highest BCUT2D eigenvalue weighted by Gasteiger charge is 2.45. The van der Waals surface area contributed by atoms with Gasteiger partial charge in [-0.05, 0) is 30.5 Å². The summed E-state index contributed by atoms with van der Waals surface area (Å²) in [5, 5.41) is 1.09. The van der Waals surface area contributed by atoms with Gasteiger partial charge in [0.15, 0.2) is 0 Å². The Morgan fingerprint density at radius 3 is 2.60 bits per heavy atom. The molecule has 0 spiro atoms. The maximum Gasteiger partial charge on any atom is 0.233 e. The van der Waals surface area contributed by atoms with Crippen molar-refractivity contribution in [2.45, 2.75) is 30.8 Å². The molecule has 2 aliphatic rings. The Labute approximate surface area is 176 Å². The smallest absolute Gasteiger partial charge is 0.233 e. The van der Waals surface area contributed by atoms with Gasteiger partial charge in [-0.15, -0.1) is 0 Å². The van der Waals surface area contributed by atoms with Crippen molar-refractivity contribution in [3.63, 3.8) is 0 Å². The van der Waals surface area contributed by atoms with Gasteiger partial charge in [0.2, 0.25) is 11.8 Å². The van der Waals surface area contributed by atoms with E-state index in [0.717, 1.165) is 35.7 Å². The van der Waals surface area contributed by atoms with Crippen molar-refractivity contribution in [1.82, 2.24) is 9.88 Å². The topological polar surface area (TPSA) is 51.7 Å². The Kier molecular flexibility index (Phi) is 5.13. The molecule has 1 unspecified atom stereocenters. The Bertz CT molecular complexity index is 1030. The SMILES string of the molecule is O=C(N1CCC(Oc2ccc3ccccc3n2)C1)C1(c2ccccc2)CCOCC1. The molecule has 2 fully saturated rings. The van der Waals surface area contributed by atoms with Crippen LogP contribution >= 0.6 is 0 Å². The van der Waals surface area contributed by atoms with Gasteiger partial charge in [0.1, 0.15) is 6.10 Å². The van der Waals surface area contributed by atoms with Crippen molar-refractivity contribution in [2.75, 3.05) is 26.3 Å². The number of pyridine rings is 1. The van der Waals surface area contributed by atoms with Gasteiger partial charge in [-0.3, -0.25) is 4.79 Å². The first-order valence-electron chi connectivity index (χ1n) is 10.7. The van der Waals surface area contributed by atoms with Crippen LogP contribution in [0.2, 0.25) is 0 Å². The molecule has 3 heterocycles. The second-order valence-electron chi connectivity index (χ2n) is 8.18. The molecule has 0 aliphatic carbocycles. The van der Waals surface area contributed by atoms with E-state index >= 15 is 0 Å². The summed E-state index contributed by atoms with van der Waals surface area (Å²) in [5.74, 6) is 0.825. The first kappa shape index (κ1) is 19.1. The van der Waals surface area contributed by atoms with Crippen LogP contribution in [-0.4, -0.2) is 48.2 Å². The molecule has 1 atom stereocenters. The van der Waals surface area contributed by atoms with Gasteiger partial charge < -0.3 is 14.4 Å². The molecule has 0 N–H and O–H groups in total. The van der Waals surface area contributed by atoms with E-state index < -0.39 is 5.41 Å². The Balaban J connectivity index is 1.32. The number of hydrogen-bond donors (Lipinski definition) is 0. The first-order valence-corrected chi connectivity index (χ1v) is 10.7. The van der Waals surface area contributed by atoms with Crippen molar-refractivity contribution in [1.29, 1.82) is 0 Å². The zero-order valence-corrected chi connectivity index (χ0v) is 17.0. The van der Waals surface area contributed by atoms with Crippen LogP contribution < -0.4 is 4.74 Å². The summed E-state index contributed by atoms with van der Waals surface area (Å²) < 4.78 is 11.8. The van der Waals surface area contributed by atoms with E-state index in [1.807, 2.05) is 59.5 Å². The Hall–Kier alpha value is -2.92. The molecule has 1 amide bonds. The predicted octanol–water partition coefficient (Wildman–Crippen LogP) is 3.96. The lowest BCUT2D eigenvalue weighted by atomic mass is 9.73. The minimum absolute atomic E-state index is 0.0322. The van der Waals surface area contributed by atoms with Crippen LogP contribution in [0.5, 0.6) is 5.88 Å². The highest BCUT2D eigenvalue weighted by Crippen LogP contribution is 2.37. The Morgan fingerprint density at radius 1 is 1.00 bits per heavy atom. The fraction of sp³-hybridized carbons (Fsp3) is 0.360. The number of fused-ring (bicyclic) bond motifs is 1. The average Bonchev–Trinajstić information content (AvgIpc) is 3.28. The number of benzene rings is 2. The molecule has 2 aliphatic heterocycles. The monoisotopic (exact) mass is 402 g/mol. The lowest BCUT2D eigenvalue weighted by Gasteiger charge is -2.39. The summed E-state index contributed by atoms with van der Waals surface area (Å²) in [6.45, 7) is 2.56. The molecule has 5 rings (SSSR count). The van der Waals surface area contributed by atoms with E-state index in [0.29, 0.717) is 32.2 Å². The number of carbonyl (C=O) groups is 1. The lowest BCUT2D eigenvalue weighted by molar-refractivity contribution is -0.140. The van der Waals surface area contributed by atoms with Gasteiger partial charge in [-0.1, -0.05) is 48.5 Å². The highest BCUT2D eigenvalue weighted by atomic mass is 16.5. The number of rotatable bonds is 4. The molecular weight excluding hydrogens is 376 g/mol. The predicted molar refractivity (Wildman–Crippen MR) is 116 cm³/mol. The molecule has 1 aromatic heterocycles. The van der Waals surface area contributed by atoms with E-state index in [-0.39, 0.29) is 12.0 Å². The van der Waals surface area contributed by atoms with Crippen LogP contribution in [0.4, 0.5) is 0 Å². The first-order chi connectivity index (χ1) is 14.7. The van der Waals surface area contributed by atoms with Crippen LogP contribution in [0.3, 0.4) is 0 Å². The van der Waals surface area contributed by atoms with Crippen LogP contribution in [0.25, 0.3) is 10.9 Å². The lowest BCUT2D eigenvalue weighted by Crippen LogP contribution is -2.49. The summed E-state index contributed by atoms with van der Waals surface area (Å²) >= 11 is 0. The molecule has 154 valence electrons. The van der Waals surface area contributed by atoms with Crippen molar-refractivity contribution in [3.8, 4) is 5.88 Å². The van der Waals surface area contributed by atoms with Gasteiger partial charge in [0.05, 0.1) is 17.5 Å². The number of ether oxygens (including phenoxy) is 2. The molecule has 2 saturated heterocycles. The number of amides is 1. The molecule has 5 nitrogen and oxygen atoms in total. The summed E-state index contributed by atoms with van der Waals surface area (Å²) in [6, 6.07) is 22.1. The third-order valence-corrected chi connectivity index (χ3v) is 6.37. The minimum Gasteiger partial charge on any atom is -0.472 e. The molecule has 3 aromatic rings. The maximum atomic E-state index is 13.7. The second-order valence-corrected chi connectivity index (χ2v) is 8.18. The maximum absolute atomic E-state index is 13.7. The average molecular weight is 402 g/mol. The normalized spacial score (nSPS) is 20.9. The van der Waals surface area contributed by atoms with Crippen molar-refractivity contribution in [3.05, 3.63) is 72.3 Å². The van der Waals surface area contributed by atoms with Crippen LogP contribution in [0.15, 0.2) is 66.7 Å². The van der Waals surface area contributed by atoms with Crippen LogP contribution in [0, 0.1) is 0 Å². The van der Waals surface area contributed by atoms with E-state index in [1.165, 1.54) is 0 Å². The second kappa shape index (κ2) is 8.07. The van der Waals surface area contributed by atoms with E-state index in [9.17, 15) is 4.79 Å². The van der Waals surface area contributed by atoms with Crippen LogP contribution in [-0.2, 0) is 14.9 Å². The van der Waals surface area contributed by atoms with Crippen molar-refractivity contribution in [2.24, 2.45) is 0 Å². The third-order valence-electron chi connectivity index (χ3n) is 6.37. The van der Waals surface area contributed by atoms with Gasteiger partial charge in [-0.2, -0.15) is 0 Å². The highest BCUT2D eigenvalue weighted by molar-refractivity contribution is 5.88. The Morgan fingerprint density at radius 2 is 1.77 bits per heavy atom. The largest absolute Gasteiger partial charge is 0.472 e. The molecule has 30 heavy (non-hydrogen) atoms. The fourth-order valence-electron chi connectivity index (χ4n) is 4.70. The number of para-hydroxylation sites is 1. The number of carbonyl (C=O) groups excluding carboxylic acids is 1. The molecule has 5 heteroatoms. The number of aromatic nitrogens is 1. The molecule has 0 bridgehead atoms. The number of likely N-dealkylation sites (tertiary alicyclic amines) is 1. The number of hydrogen-bond acceptors (Lipinski definition) is 4. The summed E-state index contributed by atoms with van der Waals surface area (Å²) in [7, 11) is 0. The van der Waals surface area contributed by atoms with E-state index in [1.54, 1.807) is 0 Å². The molecule has 0 radical (unpaired) electrons. The third kappa shape index (κ3) is 3.54. The van der Waals surface area contributed by atoms with Gasteiger partial charge in [0, 0.05) is 37.6 Å². The molecule has 0 saturated carbocycles. The molecule has 2 aromatic carbocycles. The van der Waals surface area contributed by atoms with Crippen LogP contribution in [0.1, 0.15) is 24.8 Å². The van der Waals surface area contributed by atoms with Gasteiger partial charge >= 0.3 is 0 Å². The fourth-order valence-corrected chi connectivity index (χ4v) is 4.70. The summed E-state index contributed by atoms with van der Waals surface area (Å²) in [4.78, 5) is 20.3. The molecular formula is C25H26N2O3. The van der Waals surface area contributed by atoms with Crippen molar-refractivity contribution >= 4 is 16.8 Å². The van der Waals surface area contributed by atoms with E-state index in [2.05, 4.69) is 17.1 Å². The standard InChI is InChI=1S/C25H26N2O3/c28-24(25(13-16-29-17-14-25)20-7-2-1-3-8-20)27-15-12-21(18-27)30-23-11-10-19-6-4-5-9-22(19)26-23/h1-11,21H,12-18H2. The van der Waals surface area contributed by atoms with Gasteiger partial charge in [-0.25, -0.2) is 4.98 Å². The minimum atomic E-state index is -0.490. The van der Waals surface area contributed by atoms with Crippen molar-refractivity contribution < 1.29 is 14.3 Å². The summed E-state index contributed by atoms with van der Waals surface area (Å²) in [6.07, 6.45) is 2.24. The zero-order chi connectivity index (χ0) is 20.4. The number of nitrogens with zero attached hydrogens (tertiary/aromatic N) is 2. The summed E-state index contributed by atoms with van der Waals surface area (Å²) in [5.41, 5.74) is 1.53.